The van der Waals surface area contributed by atoms with Crippen molar-refractivity contribution < 1.29 is 9.53 Å². The molecular weight excluding hydrogens is 350 g/mol. The molecule has 5 heteroatoms. The van der Waals surface area contributed by atoms with E-state index < -0.39 is 0 Å². The van der Waals surface area contributed by atoms with Gasteiger partial charge in [-0.1, -0.05) is 25.7 Å². The molecule has 1 saturated heterocycles. The summed E-state index contributed by atoms with van der Waals surface area (Å²) in [5, 5.41) is 0. The van der Waals surface area contributed by atoms with Crippen LogP contribution in [0.4, 0.5) is 0 Å². The molecule has 1 aromatic rings. The van der Waals surface area contributed by atoms with E-state index in [1.807, 2.05) is 37.1 Å². The Morgan fingerprint density at radius 2 is 2.32 bits per heavy atom. The zero-order valence-electron chi connectivity index (χ0n) is 17.0. The summed E-state index contributed by atoms with van der Waals surface area (Å²) >= 11 is 0. The number of aliphatic imine (C=N–C) groups is 1. The van der Waals surface area contributed by atoms with E-state index in [1.54, 1.807) is 18.6 Å². The molecule has 0 N–H and O–H groups in total. The molecule has 2 heterocycles. The zero-order chi connectivity index (χ0) is 20.0. The van der Waals surface area contributed by atoms with E-state index >= 15 is 0 Å². The third-order valence-electron chi connectivity index (χ3n) is 5.70. The van der Waals surface area contributed by atoms with Gasteiger partial charge in [0.15, 0.2) is 0 Å². The van der Waals surface area contributed by atoms with E-state index in [0.29, 0.717) is 0 Å². The maximum atomic E-state index is 13.2. The summed E-state index contributed by atoms with van der Waals surface area (Å²) in [6, 6.07) is 3.87. The van der Waals surface area contributed by atoms with Gasteiger partial charge in [0.25, 0.3) is 0 Å². The van der Waals surface area contributed by atoms with Crippen molar-refractivity contribution >= 4 is 12.1 Å². The summed E-state index contributed by atoms with van der Waals surface area (Å²) in [5.74, 6) is 6.91. The van der Waals surface area contributed by atoms with Gasteiger partial charge in [-0.15, -0.1) is 0 Å². The number of aromatic nitrogens is 1. The lowest BCUT2D eigenvalue weighted by Crippen LogP contribution is -2.50. The fourth-order valence-electron chi connectivity index (χ4n) is 4.24. The zero-order valence-corrected chi connectivity index (χ0v) is 17.0. The molecule has 2 fully saturated rings. The molecule has 28 heavy (non-hydrogen) atoms. The normalized spacial score (nSPS) is 25.5. The van der Waals surface area contributed by atoms with Crippen LogP contribution in [0.2, 0.25) is 0 Å². The number of carbonyl (C=O) groups is 1. The van der Waals surface area contributed by atoms with Crippen molar-refractivity contribution in [3.63, 3.8) is 0 Å². The molecule has 0 aromatic carbocycles. The van der Waals surface area contributed by atoms with Crippen molar-refractivity contribution in [3.8, 4) is 17.6 Å². The topological polar surface area (TPSA) is 54.8 Å². The lowest BCUT2D eigenvalue weighted by molar-refractivity contribution is -0.146. The first-order valence-corrected chi connectivity index (χ1v) is 10.1. The fraction of sp³-hybridized carbons (Fsp3) is 0.522. The van der Waals surface area contributed by atoms with Crippen LogP contribution in [0.1, 0.15) is 52.9 Å². The van der Waals surface area contributed by atoms with Gasteiger partial charge < -0.3 is 9.64 Å². The first-order chi connectivity index (χ1) is 13.6. The van der Waals surface area contributed by atoms with Gasteiger partial charge in [-0.2, -0.15) is 0 Å². The second-order valence-corrected chi connectivity index (χ2v) is 7.62. The largest absolute Gasteiger partial charge is 0.489 e. The molecule has 0 radical (unpaired) electrons. The third kappa shape index (κ3) is 4.27. The Labute approximate surface area is 167 Å². The maximum absolute atomic E-state index is 13.2. The number of rotatable bonds is 6. The Bertz CT molecular complexity index is 798. The molecule has 1 unspecified atom stereocenters. The van der Waals surface area contributed by atoms with E-state index in [0.717, 1.165) is 50.0 Å². The number of amides is 1. The molecule has 1 aromatic heterocycles. The van der Waals surface area contributed by atoms with E-state index in [2.05, 4.69) is 28.7 Å². The highest BCUT2D eigenvalue weighted by atomic mass is 16.5. The Morgan fingerprint density at radius 1 is 1.50 bits per heavy atom. The van der Waals surface area contributed by atoms with Crippen LogP contribution in [-0.4, -0.2) is 40.7 Å². The van der Waals surface area contributed by atoms with Gasteiger partial charge in [0.1, 0.15) is 11.9 Å². The maximum Gasteiger partial charge on any atom is 0.229 e. The van der Waals surface area contributed by atoms with Crippen LogP contribution in [0.25, 0.3) is 0 Å². The Kier molecular flexibility index (Phi) is 6.51. The summed E-state index contributed by atoms with van der Waals surface area (Å²) in [4.78, 5) is 23.6. The van der Waals surface area contributed by atoms with Crippen molar-refractivity contribution in [2.45, 2.75) is 65.0 Å². The SMILES string of the molecule is CCC#CC=N/C=C(\C)C(CC)N1CCC2(CC(Oc3cccnc3)C2)C1=O. The Balaban J connectivity index is 1.60. The van der Waals surface area contributed by atoms with Crippen LogP contribution in [0, 0.1) is 17.3 Å². The summed E-state index contributed by atoms with van der Waals surface area (Å²) in [5.41, 5.74) is 0.862. The lowest BCUT2D eigenvalue weighted by atomic mass is 9.65. The highest BCUT2D eigenvalue weighted by molar-refractivity contribution is 5.86. The Morgan fingerprint density at radius 3 is 3.00 bits per heavy atom. The van der Waals surface area contributed by atoms with Crippen molar-refractivity contribution in [2.75, 3.05) is 6.54 Å². The number of likely N-dealkylation sites (tertiary alicyclic amines) is 1. The van der Waals surface area contributed by atoms with Gasteiger partial charge in [-0.25, -0.2) is 0 Å². The van der Waals surface area contributed by atoms with Crippen LogP contribution >= 0.6 is 0 Å². The number of nitrogens with zero attached hydrogens (tertiary/aromatic N) is 3. The smallest absolute Gasteiger partial charge is 0.229 e. The van der Waals surface area contributed by atoms with E-state index in [9.17, 15) is 4.79 Å². The average Bonchev–Trinajstić information content (AvgIpc) is 3.00. The number of pyridine rings is 1. The van der Waals surface area contributed by atoms with Crippen molar-refractivity contribution in [3.05, 3.63) is 36.3 Å². The first-order valence-electron chi connectivity index (χ1n) is 10.1. The first kappa shape index (κ1) is 20.1. The second-order valence-electron chi connectivity index (χ2n) is 7.62. The summed E-state index contributed by atoms with van der Waals surface area (Å²) in [6.45, 7) is 6.99. The molecule has 0 bridgehead atoms. The highest BCUT2D eigenvalue weighted by Gasteiger charge is 2.57. The Hall–Kier alpha value is -2.61. The predicted octanol–water partition coefficient (Wildman–Crippen LogP) is 4.01. The number of hydrogen-bond donors (Lipinski definition) is 0. The highest BCUT2D eigenvalue weighted by Crippen LogP contribution is 2.51. The minimum absolute atomic E-state index is 0.0986. The van der Waals surface area contributed by atoms with Gasteiger partial charge >= 0.3 is 0 Å². The molecule has 1 aliphatic heterocycles. The van der Waals surface area contributed by atoms with Gasteiger partial charge in [-0.3, -0.25) is 14.8 Å². The van der Waals surface area contributed by atoms with Crippen LogP contribution in [0.15, 0.2) is 41.3 Å². The molecule has 1 saturated carbocycles. The summed E-state index contributed by atoms with van der Waals surface area (Å²) < 4.78 is 5.96. The van der Waals surface area contributed by atoms with Crippen LogP contribution < -0.4 is 4.74 Å². The number of carbonyl (C=O) groups excluding carboxylic acids is 1. The molecule has 148 valence electrons. The quantitative estimate of drug-likeness (QED) is 0.554. The van der Waals surface area contributed by atoms with Crippen molar-refractivity contribution in [1.82, 2.24) is 9.88 Å². The van der Waals surface area contributed by atoms with Crippen LogP contribution in [-0.2, 0) is 4.79 Å². The minimum atomic E-state index is -0.240. The summed E-state index contributed by atoms with van der Waals surface area (Å²) in [6.07, 6.45) is 11.2. The van der Waals surface area contributed by atoms with Gasteiger partial charge in [0.05, 0.1) is 23.9 Å². The molecule has 2 aliphatic rings. The van der Waals surface area contributed by atoms with E-state index in [4.69, 9.17) is 4.74 Å². The minimum Gasteiger partial charge on any atom is -0.489 e. The average molecular weight is 380 g/mol. The monoisotopic (exact) mass is 379 g/mol. The fourth-order valence-corrected chi connectivity index (χ4v) is 4.24. The molecular formula is C23H29N3O2. The van der Waals surface area contributed by atoms with Gasteiger partial charge in [0, 0.05) is 25.4 Å². The molecule has 1 spiro atoms. The molecule has 1 amide bonds. The predicted molar refractivity (Wildman–Crippen MR) is 111 cm³/mol. The molecule has 1 aliphatic carbocycles. The van der Waals surface area contributed by atoms with E-state index in [1.165, 1.54) is 0 Å². The van der Waals surface area contributed by atoms with Crippen LogP contribution in [0.3, 0.4) is 0 Å². The molecule has 5 nitrogen and oxygen atoms in total. The molecule has 1 atom stereocenters. The van der Waals surface area contributed by atoms with Crippen molar-refractivity contribution in [1.29, 1.82) is 0 Å². The number of hydrogen-bond acceptors (Lipinski definition) is 4. The third-order valence-corrected chi connectivity index (χ3v) is 5.70. The van der Waals surface area contributed by atoms with Gasteiger partial charge in [-0.05, 0) is 50.3 Å². The lowest BCUT2D eigenvalue weighted by Gasteiger charge is -2.43. The second kappa shape index (κ2) is 9.05. The van der Waals surface area contributed by atoms with Crippen LogP contribution in [0.5, 0.6) is 5.75 Å². The van der Waals surface area contributed by atoms with E-state index in [-0.39, 0.29) is 23.5 Å². The summed E-state index contributed by atoms with van der Waals surface area (Å²) in [7, 11) is 0. The van der Waals surface area contributed by atoms with Crippen molar-refractivity contribution in [2.24, 2.45) is 10.4 Å². The molecule has 3 rings (SSSR count). The number of ether oxygens (including phenoxy) is 1. The standard InChI is InChI=1S/C23H29N3O2/c1-4-6-7-11-24-16-18(3)21(5-2)26-13-10-23(22(26)27)14-20(15-23)28-19-9-8-12-25-17-19/h8-9,11-12,16-17,20-21H,4-5,10,13-15H2,1-3H3/b18-16+,24-11?. The van der Waals surface area contributed by atoms with Gasteiger partial charge in [0.2, 0.25) is 5.91 Å².